The zero-order chi connectivity index (χ0) is 5.28. The molecule has 0 radical (unpaired) electrons. The summed E-state index contributed by atoms with van der Waals surface area (Å²) < 4.78 is 0. The Morgan fingerprint density at radius 1 is 1.50 bits per heavy atom. The number of aliphatic hydroxyl groups is 1. The molecular formula is C4H11ClN2O. The Kier molecular flexibility index (Phi) is 3.31. The maximum Gasteiger partial charge on any atom is 0.0571 e. The van der Waals surface area contributed by atoms with E-state index in [4.69, 9.17) is 10.9 Å². The van der Waals surface area contributed by atoms with Crippen molar-refractivity contribution in [3.8, 4) is 0 Å². The molecule has 0 aromatic heterocycles. The highest BCUT2D eigenvalue weighted by molar-refractivity contribution is 5.85. The second kappa shape index (κ2) is 3.25. The summed E-state index contributed by atoms with van der Waals surface area (Å²) in [5, 5.41) is 8.65. The molecule has 1 rings (SSSR count). The van der Waals surface area contributed by atoms with Gasteiger partial charge in [0, 0.05) is 6.04 Å². The quantitative estimate of drug-likeness (QED) is 0.335. The standard InChI is InChI=1S/C4H10N2O.ClH/c5-6-3-1-4(7)2-3;/h3-4,6-7H,1-2,5H2;1H. The Morgan fingerprint density at radius 2 is 2.00 bits per heavy atom. The van der Waals surface area contributed by atoms with E-state index in [0.29, 0.717) is 6.04 Å². The average molecular weight is 139 g/mol. The van der Waals surface area contributed by atoms with Gasteiger partial charge in [0.2, 0.25) is 0 Å². The molecule has 1 fully saturated rings. The van der Waals surface area contributed by atoms with Gasteiger partial charge in [-0.05, 0) is 12.8 Å². The van der Waals surface area contributed by atoms with E-state index in [2.05, 4.69) is 5.43 Å². The number of aliphatic hydroxyl groups excluding tert-OH is 1. The van der Waals surface area contributed by atoms with Gasteiger partial charge >= 0.3 is 0 Å². The number of rotatable bonds is 1. The lowest BCUT2D eigenvalue weighted by molar-refractivity contribution is 0.0628. The Morgan fingerprint density at radius 3 is 2.12 bits per heavy atom. The molecular weight excluding hydrogens is 128 g/mol. The molecule has 4 N–H and O–H groups in total. The topological polar surface area (TPSA) is 58.3 Å². The molecule has 1 saturated carbocycles. The lowest BCUT2D eigenvalue weighted by Crippen LogP contribution is -2.47. The molecule has 0 unspecified atom stereocenters. The number of halogens is 1. The van der Waals surface area contributed by atoms with Gasteiger partial charge in [-0.3, -0.25) is 11.3 Å². The molecule has 0 amide bonds. The van der Waals surface area contributed by atoms with E-state index in [-0.39, 0.29) is 18.5 Å². The van der Waals surface area contributed by atoms with Gasteiger partial charge in [-0.25, -0.2) is 0 Å². The Balaban J connectivity index is 0.000000490. The molecule has 50 valence electrons. The lowest BCUT2D eigenvalue weighted by atomic mass is 9.90. The van der Waals surface area contributed by atoms with Gasteiger partial charge in [0.15, 0.2) is 0 Å². The zero-order valence-electron chi connectivity index (χ0n) is 4.50. The third kappa shape index (κ3) is 1.59. The van der Waals surface area contributed by atoms with Crippen molar-refractivity contribution in [1.29, 1.82) is 0 Å². The van der Waals surface area contributed by atoms with Crippen LogP contribution in [0.25, 0.3) is 0 Å². The van der Waals surface area contributed by atoms with Crippen LogP contribution in [0, 0.1) is 0 Å². The number of nitrogens with two attached hydrogens (primary N) is 1. The smallest absolute Gasteiger partial charge is 0.0571 e. The van der Waals surface area contributed by atoms with E-state index in [1.165, 1.54) is 0 Å². The molecule has 0 atom stereocenters. The summed E-state index contributed by atoms with van der Waals surface area (Å²) in [6.07, 6.45) is 1.54. The lowest BCUT2D eigenvalue weighted by Gasteiger charge is -2.30. The fourth-order valence-corrected chi connectivity index (χ4v) is 0.724. The van der Waals surface area contributed by atoms with Crippen LogP contribution in [0.4, 0.5) is 0 Å². The van der Waals surface area contributed by atoms with Crippen molar-refractivity contribution in [2.75, 3.05) is 0 Å². The number of nitrogens with one attached hydrogen (secondary N) is 1. The minimum absolute atomic E-state index is 0. The maximum atomic E-state index is 8.65. The van der Waals surface area contributed by atoms with Gasteiger partial charge < -0.3 is 5.11 Å². The van der Waals surface area contributed by atoms with E-state index in [1.54, 1.807) is 0 Å². The highest BCUT2D eigenvalue weighted by Gasteiger charge is 2.25. The first-order valence-electron chi connectivity index (χ1n) is 2.47. The molecule has 4 heteroatoms. The third-order valence-corrected chi connectivity index (χ3v) is 1.35. The van der Waals surface area contributed by atoms with Crippen LogP contribution in [0.15, 0.2) is 0 Å². The van der Waals surface area contributed by atoms with Crippen LogP contribution in [0.1, 0.15) is 12.8 Å². The molecule has 0 heterocycles. The molecule has 1 aliphatic carbocycles. The molecule has 0 aromatic rings. The highest BCUT2D eigenvalue weighted by Crippen LogP contribution is 2.17. The fourth-order valence-electron chi connectivity index (χ4n) is 0.724. The van der Waals surface area contributed by atoms with Crippen LogP contribution in [-0.2, 0) is 0 Å². The zero-order valence-corrected chi connectivity index (χ0v) is 5.32. The molecule has 8 heavy (non-hydrogen) atoms. The molecule has 0 aromatic carbocycles. The van der Waals surface area contributed by atoms with Crippen molar-refractivity contribution in [2.24, 2.45) is 5.84 Å². The normalized spacial score (nSPS) is 35.2. The van der Waals surface area contributed by atoms with Crippen molar-refractivity contribution >= 4 is 12.4 Å². The van der Waals surface area contributed by atoms with E-state index in [0.717, 1.165) is 12.8 Å². The summed E-state index contributed by atoms with van der Waals surface area (Å²) in [6, 6.07) is 0.370. The first-order valence-corrected chi connectivity index (χ1v) is 2.47. The van der Waals surface area contributed by atoms with Gasteiger partial charge in [-0.1, -0.05) is 0 Å². The summed E-state index contributed by atoms with van der Waals surface area (Å²) in [6.45, 7) is 0. The second-order valence-corrected chi connectivity index (χ2v) is 1.99. The molecule has 0 saturated heterocycles. The Bertz CT molecular complexity index is 65.1. The van der Waals surface area contributed by atoms with Crippen LogP contribution in [-0.4, -0.2) is 17.3 Å². The molecule has 1 aliphatic rings. The number of hydrogen-bond acceptors (Lipinski definition) is 3. The van der Waals surface area contributed by atoms with Crippen molar-refractivity contribution < 1.29 is 5.11 Å². The summed E-state index contributed by atoms with van der Waals surface area (Å²) >= 11 is 0. The first kappa shape index (κ1) is 8.17. The van der Waals surface area contributed by atoms with Crippen molar-refractivity contribution in [2.45, 2.75) is 25.0 Å². The SMILES string of the molecule is Cl.NNC1CC(O)C1. The Labute approximate surface area is 54.6 Å². The van der Waals surface area contributed by atoms with Crippen LogP contribution < -0.4 is 11.3 Å². The van der Waals surface area contributed by atoms with E-state index in [9.17, 15) is 0 Å². The van der Waals surface area contributed by atoms with Crippen LogP contribution in [0.3, 0.4) is 0 Å². The van der Waals surface area contributed by atoms with Gasteiger partial charge in [-0.15, -0.1) is 12.4 Å². The number of hydrazine groups is 1. The molecule has 0 bridgehead atoms. The van der Waals surface area contributed by atoms with Crippen molar-refractivity contribution in [1.82, 2.24) is 5.43 Å². The van der Waals surface area contributed by atoms with Gasteiger partial charge in [-0.2, -0.15) is 0 Å². The van der Waals surface area contributed by atoms with Crippen molar-refractivity contribution in [3.63, 3.8) is 0 Å². The van der Waals surface area contributed by atoms with E-state index >= 15 is 0 Å². The minimum atomic E-state index is -0.0963. The second-order valence-electron chi connectivity index (χ2n) is 1.99. The van der Waals surface area contributed by atoms with Gasteiger partial charge in [0.05, 0.1) is 6.10 Å². The van der Waals surface area contributed by atoms with E-state index in [1.807, 2.05) is 0 Å². The maximum absolute atomic E-state index is 8.65. The molecule has 3 nitrogen and oxygen atoms in total. The highest BCUT2D eigenvalue weighted by atomic mass is 35.5. The summed E-state index contributed by atoms with van der Waals surface area (Å²) in [5.74, 6) is 5.03. The Hall–Kier alpha value is 0.170. The predicted molar refractivity (Wildman–Crippen MR) is 33.6 cm³/mol. The van der Waals surface area contributed by atoms with E-state index < -0.39 is 0 Å². The van der Waals surface area contributed by atoms with Gasteiger partial charge in [0.25, 0.3) is 0 Å². The van der Waals surface area contributed by atoms with Crippen LogP contribution >= 0.6 is 12.4 Å². The summed E-state index contributed by atoms with van der Waals surface area (Å²) in [5.41, 5.74) is 2.57. The first-order chi connectivity index (χ1) is 3.33. The predicted octanol–water partition coefficient (Wildman–Crippen LogP) is -0.605. The summed E-state index contributed by atoms with van der Waals surface area (Å²) in [4.78, 5) is 0. The minimum Gasteiger partial charge on any atom is -0.393 e. The largest absolute Gasteiger partial charge is 0.393 e. The van der Waals surface area contributed by atoms with Gasteiger partial charge in [0.1, 0.15) is 0 Å². The monoisotopic (exact) mass is 138 g/mol. The third-order valence-electron chi connectivity index (χ3n) is 1.35. The summed E-state index contributed by atoms with van der Waals surface area (Å²) in [7, 11) is 0. The van der Waals surface area contributed by atoms with Crippen LogP contribution in [0.5, 0.6) is 0 Å². The molecule has 0 spiro atoms. The molecule has 0 aliphatic heterocycles. The van der Waals surface area contributed by atoms with Crippen molar-refractivity contribution in [3.05, 3.63) is 0 Å². The fraction of sp³-hybridized carbons (Fsp3) is 1.00. The number of hydrogen-bond donors (Lipinski definition) is 3. The van der Waals surface area contributed by atoms with Crippen LogP contribution in [0.2, 0.25) is 0 Å². The average Bonchev–Trinajstić information content (AvgIpc) is 1.58.